The van der Waals surface area contributed by atoms with Crippen LogP contribution in [-0.4, -0.2) is 6.26 Å². The van der Waals surface area contributed by atoms with Gasteiger partial charge in [-0.25, -0.2) is 0 Å². The van der Waals surface area contributed by atoms with Gasteiger partial charge in [-0.05, 0) is 23.8 Å². The van der Waals surface area contributed by atoms with Crippen molar-refractivity contribution in [3.63, 3.8) is 0 Å². The Labute approximate surface area is 87.8 Å². The van der Waals surface area contributed by atoms with E-state index in [9.17, 15) is 0 Å². The van der Waals surface area contributed by atoms with E-state index in [1.165, 1.54) is 15.7 Å². The maximum absolute atomic E-state index is 5.29. The molecule has 65 valence electrons. The molecule has 0 aliphatic heterocycles. The average molecular weight is 205 g/mol. The zero-order valence-electron chi connectivity index (χ0n) is 7.28. The van der Waals surface area contributed by atoms with Crippen molar-refractivity contribution in [3.05, 3.63) is 36.4 Å². The van der Waals surface area contributed by atoms with Crippen molar-refractivity contribution >= 4 is 35.2 Å². The summed E-state index contributed by atoms with van der Waals surface area (Å²) in [6.07, 6.45) is 2.08. The average Bonchev–Trinajstić information content (AvgIpc) is 2.17. The van der Waals surface area contributed by atoms with Crippen LogP contribution in [0.5, 0.6) is 0 Å². The lowest BCUT2D eigenvalue weighted by Crippen LogP contribution is -1.78. The minimum atomic E-state index is 0.947. The molecule has 0 aliphatic rings. The molecule has 0 N–H and O–H groups in total. The largest absolute Gasteiger partial charge is 0.129 e. The van der Waals surface area contributed by atoms with Crippen LogP contribution in [0.2, 0.25) is 0 Å². The fraction of sp³-hybridized carbons (Fsp3) is 0.0909. The molecule has 0 fully saturated rings. The molecule has 0 saturated heterocycles. The van der Waals surface area contributed by atoms with Gasteiger partial charge in [0.1, 0.15) is 0 Å². The Morgan fingerprint density at radius 3 is 2.46 bits per heavy atom. The molecule has 2 aromatic carbocycles. The molecular formula is C11H9S2. The van der Waals surface area contributed by atoms with Gasteiger partial charge in [0.15, 0.2) is 0 Å². The molecule has 2 aromatic rings. The van der Waals surface area contributed by atoms with Crippen LogP contribution < -0.4 is 0 Å². The van der Waals surface area contributed by atoms with Gasteiger partial charge in [-0.3, -0.25) is 0 Å². The quantitative estimate of drug-likeness (QED) is 0.631. The molecule has 0 unspecified atom stereocenters. The monoisotopic (exact) mass is 205 g/mol. The minimum Gasteiger partial charge on any atom is -0.129 e. The molecule has 13 heavy (non-hydrogen) atoms. The Kier molecular flexibility index (Phi) is 2.42. The van der Waals surface area contributed by atoms with Gasteiger partial charge < -0.3 is 0 Å². The van der Waals surface area contributed by atoms with Crippen LogP contribution >= 0.6 is 24.4 Å². The molecule has 0 atom stereocenters. The molecule has 0 nitrogen and oxygen atoms in total. The smallest absolute Gasteiger partial charge is 0.0466 e. The molecule has 1 radical (unpaired) electrons. The first-order valence-corrected chi connectivity index (χ1v) is 5.69. The third kappa shape index (κ3) is 1.52. The third-order valence-electron chi connectivity index (χ3n) is 2.05. The Hall–Kier alpha value is -0.730. The van der Waals surface area contributed by atoms with E-state index < -0.39 is 0 Å². The SMILES string of the molecule is CSc1cccc2cccc([S])c12. The normalized spacial score (nSPS) is 10.5. The zero-order chi connectivity index (χ0) is 9.26. The van der Waals surface area contributed by atoms with Gasteiger partial charge in [0.25, 0.3) is 0 Å². The van der Waals surface area contributed by atoms with Crippen molar-refractivity contribution in [1.29, 1.82) is 0 Å². The van der Waals surface area contributed by atoms with Gasteiger partial charge in [-0.15, -0.1) is 11.8 Å². The summed E-state index contributed by atoms with van der Waals surface area (Å²) in [5, 5.41) is 2.45. The molecule has 0 heterocycles. The van der Waals surface area contributed by atoms with Crippen LogP contribution in [0.25, 0.3) is 10.8 Å². The summed E-state index contributed by atoms with van der Waals surface area (Å²) in [6.45, 7) is 0. The van der Waals surface area contributed by atoms with Crippen molar-refractivity contribution in [3.8, 4) is 0 Å². The van der Waals surface area contributed by atoms with Crippen LogP contribution in [0.3, 0.4) is 0 Å². The van der Waals surface area contributed by atoms with E-state index in [0.29, 0.717) is 0 Å². The number of thioether (sulfide) groups is 1. The number of benzene rings is 2. The maximum atomic E-state index is 5.29. The predicted octanol–water partition coefficient (Wildman–Crippen LogP) is 4.12. The van der Waals surface area contributed by atoms with Gasteiger partial charge in [0.05, 0.1) is 0 Å². The number of fused-ring (bicyclic) bond motifs is 1. The van der Waals surface area contributed by atoms with Gasteiger partial charge in [0, 0.05) is 15.2 Å². The molecular weight excluding hydrogens is 196 g/mol. The van der Waals surface area contributed by atoms with E-state index in [1.54, 1.807) is 11.8 Å². The lowest BCUT2D eigenvalue weighted by molar-refractivity contribution is 1.46. The Morgan fingerprint density at radius 1 is 1.08 bits per heavy atom. The molecule has 0 spiro atoms. The lowest BCUT2D eigenvalue weighted by atomic mass is 10.1. The van der Waals surface area contributed by atoms with Crippen LogP contribution in [0.1, 0.15) is 0 Å². The second-order valence-corrected chi connectivity index (χ2v) is 4.10. The first-order chi connectivity index (χ1) is 6.33. The second kappa shape index (κ2) is 3.56. The molecule has 0 bridgehead atoms. The third-order valence-corrected chi connectivity index (χ3v) is 3.17. The molecule has 0 saturated carbocycles. The highest BCUT2D eigenvalue weighted by Gasteiger charge is 2.02. The van der Waals surface area contributed by atoms with E-state index in [-0.39, 0.29) is 0 Å². The van der Waals surface area contributed by atoms with E-state index >= 15 is 0 Å². The number of rotatable bonds is 1. The van der Waals surface area contributed by atoms with E-state index in [0.717, 1.165) is 4.90 Å². The second-order valence-electron chi connectivity index (χ2n) is 2.81. The first kappa shape index (κ1) is 8.85. The zero-order valence-corrected chi connectivity index (χ0v) is 8.91. The van der Waals surface area contributed by atoms with Crippen molar-refractivity contribution in [2.24, 2.45) is 0 Å². The van der Waals surface area contributed by atoms with E-state index in [1.807, 2.05) is 12.1 Å². The summed E-state index contributed by atoms with van der Waals surface area (Å²) in [7, 11) is 0. The number of hydrogen-bond acceptors (Lipinski definition) is 1. The highest BCUT2D eigenvalue weighted by molar-refractivity contribution is 7.98. The standard InChI is InChI=1S/C11H9S2/c1-13-10-7-3-5-8-4-2-6-9(12)11(8)10/h2-7H,1H3. The topological polar surface area (TPSA) is 0 Å². The summed E-state index contributed by atoms with van der Waals surface area (Å²) < 4.78 is 0. The van der Waals surface area contributed by atoms with Crippen LogP contribution in [0.4, 0.5) is 0 Å². The van der Waals surface area contributed by atoms with Crippen LogP contribution in [0.15, 0.2) is 46.2 Å². The van der Waals surface area contributed by atoms with E-state index in [4.69, 9.17) is 12.6 Å². The maximum Gasteiger partial charge on any atom is 0.0466 e. The molecule has 0 aromatic heterocycles. The first-order valence-electron chi connectivity index (χ1n) is 4.05. The molecule has 2 rings (SSSR count). The summed E-state index contributed by atoms with van der Waals surface area (Å²) in [5.41, 5.74) is 0. The van der Waals surface area contributed by atoms with Crippen molar-refractivity contribution in [2.75, 3.05) is 6.26 Å². The Bertz CT molecular complexity index is 430. The minimum absolute atomic E-state index is 0.947. The van der Waals surface area contributed by atoms with Gasteiger partial charge in [-0.1, -0.05) is 36.9 Å². The van der Waals surface area contributed by atoms with Crippen LogP contribution in [0, 0.1) is 0 Å². The summed E-state index contributed by atoms with van der Waals surface area (Å²) in [5.74, 6) is 0. The van der Waals surface area contributed by atoms with Crippen molar-refractivity contribution in [2.45, 2.75) is 9.79 Å². The highest BCUT2D eigenvalue weighted by atomic mass is 32.2. The molecule has 2 heteroatoms. The Morgan fingerprint density at radius 2 is 1.77 bits per heavy atom. The van der Waals surface area contributed by atoms with Gasteiger partial charge >= 0.3 is 0 Å². The van der Waals surface area contributed by atoms with E-state index in [2.05, 4.69) is 30.5 Å². The Balaban J connectivity index is 2.87. The highest BCUT2D eigenvalue weighted by Crippen LogP contribution is 2.30. The molecule has 0 amide bonds. The van der Waals surface area contributed by atoms with Crippen LogP contribution in [-0.2, 0) is 0 Å². The summed E-state index contributed by atoms with van der Waals surface area (Å²) in [6, 6.07) is 12.4. The predicted molar refractivity (Wildman–Crippen MR) is 61.6 cm³/mol. The van der Waals surface area contributed by atoms with Gasteiger partial charge in [0.2, 0.25) is 0 Å². The summed E-state index contributed by atoms with van der Waals surface area (Å²) in [4.78, 5) is 2.21. The number of hydrogen-bond donors (Lipinski definition) is 0. The summed E-state index contributed by atoms with van der Waals surface area (Å²) >= 11 is 7.04. The van der Waals surface area contributed by atoms with Gasteiger partial charge in [-0.2, -0.15) is 0 Å². The molecule has 0 aliphatic carbocycles. The fourth-order valence-electron chi connectivity index (χ4n) is 1.44. The lowest BCUT2D eigenvalue weighted by Gasteiger charge is -2.04. The van der Waals surface area contributed by atoms with Crippen molar-refractivity contribution < 1.29 is 0 Å². The van der Waals surface area contributed by atoms with Crippen molar-refractivity contribution in [1.82, 2.24) is 0 Å². The fourth-order valence-corrected chi connectivity index (χ4v) is 2.46.